The molecule has 0 saturated carbocycles. The van der Waals surface area contributed by atoms with E-state index in [0.29, 0.717) is 11.1 Å². The monoisotopic (exact) mass is 497 g/mol. The number of fused-ring (bicyclic) bond motifs is 2. The lowest BCUT2D eigenvalue weighted by atomic mass is 9.96. The van der Waals surface area contributed by atoms with Gasteiger partial charge in [-0.25, -0.2) is 13.6 Å². The fourth-order valence-corrected chi connectivity index (χ4v) is 4.56. The molecule has 0 aliphatic carbocycles. The van der Waals surface area contributed by atoms with Gasteiger partial charge in [0, 0.05) is 18.8 Å². The fourth-order valence-electron chi connectivity index (χ4n) is 4.56. The lowest BCUT2D eigenvalue weighted by molar-refractivity contribution is -0.0197. The predicted octanol–water partition coefficient (Wildman–Crippen LogP) is 2.81. The molecule has 2 atom stereocenters. The molecule has 11 heteroatoms. The number of hydrogen-bond acceptors (Lipinski definition) is 7. The van der Waals surface area contributed by atoms with Crippen LogP contribution in [0.15, 0.2) is 65.6 Å². The number of rotatable bonds is 4. The molecule has 3 aromatic rings. The summed E-state index contributed by atoms with van der Waals surface area (Å²) in [5.41, 5.74) is 0.189. The quantitative estimate of drug-likeness (QED) is 0.512. The molecule has 0 N–H and O–H groups in total. The van der Waals surface area contributed by atoms with E-state index in [0.717, 1.165) is 25.3 Å². The van der Waals surface area contributed by atoms with Gasteiger partial charge in [0.1, 0.15) is 6.17 Å². The molecule has 1 saturated heterocycles. The molecule has 0 bridgehead atoms. The van der Waals surface area contributed by atoms with E-state index in [2.05, 4.69) is 4.74 Å². The summed E-state index contributed by atoms with van der Waals surface area (Å²) in [6, 6.07) is 13.0. The van der Waals surface area contributed by atoms with Gasteiger partial charge in [0.15, 0.2) is 17.3 Å². The Kier molecular flexibility index (Phi) is 6.15. The Hall–Kier alpha value is -4.25. The number of carbonyl (C=O) groups excluding carboxylic acids is 2. The Morgan fingerprint density at radius 3 is 2.56 bits per heavy atom. The fraction of sp³-hybridized carbons (Fsp3) is 0.240. The molecule has 1 fully saturated rings. The van der Waals surface area contributed by atoms with Crippen molar-refractivity contribution in [2.45, 2.75) is 12.2 Å². The molecule has 1 aromatic heterocycles. The Bertz CT molecular complexity index is 1380. The van der Waals surface area contributed by atoms with Crippen LogP contribution in [0.5, 0.6) is 5.75 Å². The van der Waals surface area contributed by atoms with Crippen molar-refractivity contribution >= 4 is 12.1 Å². The summed E-state index contributed by atoms with van der Waals surface area (Å²) >= 11 is 0. The summed E-state index contributed by atoms with van der Waals surface area (Å²) in [6.45, 7) is 0.555. The van der Waals surface area contributed by atoms with Crippen molar-refractivity contribution in [1.82, 2.24) is 9.58 Å². The van der Waals surface area contributed by atoms with Crippen molar-refractivity contribution in [1.29, 1.82) is 0 Å². The number of benzene rings is 2. The van der Waals surface area contributed by atoms with Crippen LogP contribution in [0.2, 0.25) is 0 Å². The van der Waals surface area contributed by atoms with E-state index in [-0.39, 0.29) is 25.5 Å². The van der Waals surface area contributed by atoms with E-state index < -0.39 is 47.1 Å². The maximum absolute atomic E-state index is 14.4. The first-order valence-corrected chi connectivity index (χ1v) is 11.1. The number of nitrogens with zero attached hydrogens (tertiary/aromatic N) is 3. The van der Waals surface area contributed by atoms with Crippen LogP contribution in [0.25, 0.3) is 0 Å². The zero-order valence-corrected chi connectivity index (χ0v) is 19.1. The number of aromatic nitrogens is 1. The highest BCUT2D eigenvalue weighted by Crippen LogP contribution is 2.36. The van der Waals surface area contributed by atoms with Crippen molar-refractivity contribution in [3.8, 4) is 5.75 Å². The molecule has 36 heavy (non-hydrogen) atoms. The van der Waals surface area contributed by atoms with Crippen molar-refractivity contribution < 1.29 is 32.6 Å². The number of methoxy groups -OCH3 is 1. The van der Waals surface area contributed by atoms with E-state index in [4.69, 9.17) is 9.47 Å². The summed E-state index contributed by atoms with van der Waals surface area (Å²) < 4.78 is 45.0. The van der Waals surface area contributed by atoms with Crippen LogP contribution in [-0.2, 0) is 9.47 Å². The van der Waals surface area contributed by atoms with Gasteiger partial charge in [-0.1, -0.05) is 36.4 Å². The molecular formula is C25H21F2N3O6. The van der Waals surface area contributed by atoms with Gasteiger partial charge in [-0.2, -0.15) is 0 Å². The van der Waals surface area contributed by atoms with Crippen molar-refractivity contribution in [3.05, 3.63) is 99.5 Å². The van der Waals surface area contributed by atoms with E-state index in [1.807, 2.05) is 18.2 Å². The largest absolute Gasteiger partial charge is 0.513 e. The van der Waals surface area contributed by atoms with Crippen LogP contribution in [-0.4, -0.2) is 54.7 Å². The normalized spacial score (nSPS) is 17.8. The Labute approximate surface area is 204 Å². The number of hydrogen-bond donors (Lipinski definition) is 0. The molecule has 9 nitrogen and oxygen atoms in total. The average Bonchev–Trinajstić information content (AvgIpc) is 2.90. The lowest BCUT2D eigenvalue weighted by Crippen LogP contribution is -2.66. The van der Waals surface area contributed by atoms with Gasteiger partial charge in [-0.05, 0) is 23.3 Å². The summed E-state index contributed by atoms with van der Waals surface area (Å²) in [5.74, 6) is -3.08. The van der Waals surface area contributed by atoms with Crippen LogP contribution in [0, 0.1) is 11.6 Å². The van der Waals surface area contributed by atoms with Gasteiger partial charge < -0.3 is 19.1 Å². The molecule has 186 valence electrons. The topological polar surface area (TPSA) is 90.3 Å². The lowest BCUT2D eigenvalue weighted by Gasteiger charge is -2.51. The van der Waals surface area contributed by atoms with Crippen LogP contribution < -0.4 is 15.2 Å². The minimum absolute atomic E-state index is 0.109. The molecule has 3 heterocycles. The van der Waals surface area contributed by atoms with Gasteiger partial charge in [0.25, 0.3) is 5.91 Å². The number of amides is 1. The maximum atomic E-state index is 14.4. The Morgan fingerprint density at radius 1 is 1.06 bits per heavy atom. The van der Waals surface area contributed by atoms with Gasteiger partial charge in [-0.3, -0.25) is 19.3 Å². The SMILES string of the molecule is COC(=O)Oc1c2n(ccc1=O)N([C@@H](c1ccccc1)c1ccc(F)c(F)c1)[C@@H]1COCCN1C2=O. The number of morpholine rings is 1. The van der Waals surface area contributed by atoms with Crippen LogP contribution in [0.4, 0.5) is 13.6 Å². The molecule has 2 aromatic carbocycles. The van der Waals surface area contributed by atoms with E-state index in [1.54, 1.807) is 17.1 Å². The second-order valence-corrected chi connectivity index (χ2v) is 8.18. The summed E-state index contributed by atoms with van der Waals surface area (Å²) in [6.07, 6.45) is -0.461. The number of ether oxygens (including phenoxy) is 3. The zero-order valence-electron chi connectivity index (χ0n) is 19.1. The second kappa shape index (κ2) is 9.42. The zero-order chi connectivity index (χ0) is 25.4. The van der Waals surface area contributed by atoms with E-state index >= 15 is 0 Å². The molecule has 0 spiro atoms. The third kappa shape index (κ3) is 3.97. The van der Waals surface area contributed by atoms with Gasteiger partial charge in [0.2, 0.25) is 11.2 Å². The van der Waals surface area contributed by atoms with E-state index in [9.17, 15) is 23.2 Å². The standard InChI is InChI=1S/C25H21F2N3O6/c1-34-25(33)36-23-19(31)9-10-29-22(23)24(32)28-11-12-35-14-20(28)30(29)21(15-5-3-2-4-6-15)16-7-8-17(26)18(27)13-16/h2-10,13,20-21H,11-12,14H2,1H3/t20-,21+/m1/s1. The van der Waals surface area contributed by atoms with Gasteiger partial charge in [-0.15, -0.1) is 0 Å². The molecule has 5 rings (SSSR count). The first-order chi connectivity index (χ1) is 17.4. The number of pyridine rings is 1. The van der Waals surface area contributed by atoms with Crippen LogP contribution >= 0.6 is 0 Å². The summed E-state index contributed by atoms with van der Waals surface area (Å²) in [7, 11) is 1.08. The predicted molar refractivity (Wildman–Crippen MR) is 122 cm³/mol. The second-order valence-electron chi connectivity index (χ2n) is 8.18. The molecule has 1 amide bonds. The van der Waals surface area contributed by atoms with Crippen LogP contribution in [0.3, 0.4) is 0 Å². The first kappa shape index (κ1) is 23.5. The molecular weight excluding hydrogens is 476 g/mol. The van der Waals surface area contributed by atoms with E-state index in [1.165, 1.54) is 21.8 Å². The molecule has 0 radical (unpaired) electrons. The Balaban J connectivity index is 1.78. The van der Waals surface area contributed by atoms with Gasteiger partial charge >= 0.3 is 6.16 Å². The molecule has 2 aliphatic heterocycles. The highest BCUT2D eigenvalue weighted by atomic mass is 19.2. The van der Waals surface area contributed by atoms with Crippen molar-refractivity contribution in [2.75, 3.05) is 31.9 Å². The maximum Gasteiger partial charge on any atom is 0.513 e. The first-order valence-electron chi connectivity index (χ1n) is 11.1. The summed E-state index contributed by atoms with van der Waals surface area (Å²) in [5, 5.41) is 1.72. The number of carbonyl (C=O) groups is 2. The van der Waals surface area contributed by atoms with Crippen LogP contribution in [0.1, 0.15) is 27.7 Å². The average molecular weight is 497 g/mol. The van der Waals surface area contributed by atoms with Crippen molar-refractivity contribution in [2.24, 2.45) is 0 Å². The van der Waals surface area contributed by atoms with Crippen molar-refractivity contribution in [3.63, 3.8) is 0 Å². The Morgan fingerprint density at radius 2 is 1.83 bits per heavy atom. The number of halogens is 2. The smallest absolute Gasteiger partial charge is 0.437 e. The minimum Gasteiger partial charge on any atom is -0.437 e. The van der Waals surface area contributed by atoms with Gasteiger partial charge in [0.05, 0.1) is 26.4 Å². The molecule has 2 aliphatic rings. The minimum atomic E-state index is -1.16. The third-order valence-electron chi connectivity index (χ3n) is 6.15. The summed E-state index contributed by atoms with van der Waals surface area (Å²) in [4.78, 5) is 39.7. The highest BCUT2D eigenvalue weighted by Gasteiger charge is 2.45. The third-order valence-corrected chi connectivity index (χ3v) is 6.15. The molecule has 0 unspecified atom stereocenters. The highest BCUT2D eigenvalue weighted by molar-refractivity contribution is 5.97.